The summed E-state index contributed by atoms with van der Waals surface area (Å²) >= 11 is 6.70. The third-order valence-electron chi connectivity index (χ3n) is 3.56. The lowest BCUT2D eigenvalue weighted by Gasteiger charge is -2.12. The van der Waals surface area contributed by atoms with Gasteiger partial charge in [0.25, 0.3) is 0 Å². The molecule has 0 saturated carbocycles. The van der Waals surface area contributed by atoms with Crippen molar-refractivity contribution in [2.75, 3.05) is 5.32 Å². The second kappa shape index (κ2) is 7.66. The molecule has 1 amide bonds. The lowest BCUT2D eigenvalue weighted by atomic mass is 10.2. The molecule has 0 fully saturated rings. The van der Waals surface area contributed by atoms with Gasteiger partial charge in [-0.1, -0.05) is 36.8 Å². The molecule has 0 aliphatic heterocycles. The summed E-state index contributed by atoms with van der Waals surface area (Å²) in [6.07, 6.45) is 2.28. The van der Waals surface area contributed by atoms with Crippen molar-refractivity contribution < 1.29 is 4.79 Å². The first-order valence-corrected chi connectivity index (χ1v) is 9.20. The number of hydrogen-bond donors (Lipinski definition) is 2. The Morgan fingerprint density at radius 2 is 2.12 bits per heavy atom. The minimum absolute atomic E-state index is 0.0775. The first kappa shape index (κ1) is 17.4. The van der Waals surface area contributed by atoms with E-state index in [2.05, 4.69) is 25.9 Å². The average Bonchev–Trinajstić information content (AvgIpc) is 3.15. The highest BCUT2D eigenvalue weighted by Crippen LogP contribution is 2.31. The Balaban J connectivity index is 1.79. The van der Waals surface area contributed by atoms with Crippen LogP contribution in [0.5, 0.6) is 0 Å². The fourth-order valence-electron chi connectivity index (χ4n) is 2.28. The van der Waals surface area contributed by atoms with E-state index in [0.29, 0.717) is 6.42 Å². The molecule has 7 nitrogen and oxygen atoms in total. The molecule has 9 heteroatoms. The Morgan fingerprint density at radius 1 is 1.32 bits per heavy atom. The molecule has 2 heterocycles. The number of thiocarbonyl (C=S) groups is 1. The van der Waals surface area contributed by atoms with E-state index in [0.717, 1.165) is 39.9 Å². The molecule has 25 heavy (non-hydrogen) atoms. The maximum absolute atomic E-state index is 11.8. The van der Waals surface area contributed by atoms with Gasteiger partial charge in [0.15, 0.2) is 10.9 Å². The largest absolute Gasteiger partial charge is 0.332 e. The van der Waals surface area contributed by atoms with Gasteiger partial charge in [-0.3, -0.25) is 4.79 Å². The molecular weight excluding hydrogens is 356 g/mol. The van der Waals surface area contributed by atoms with Crippen molar-refractivity contribution in [3.05, 3.63) is 30.1 Å². The maximum Gasteiger partial charge on any atom is 0.234 e. The molecule has 130 valence electrons. The van der Waals surface area contributed by atoms with Crippen molar-refractivity contribution in [1.82, 2.24) is 25.1 Å². The smallest absolute Gasteiger partial charge is 0.234 e. The minimum Gasteiger partial charge on any atom is -0.332 e. The minimum atomic E-state index is -0.0775. The van der Waals surface area contributed by atoms with Crippen LogP contribution in [0.1, 0.15) is 32.0 Å². The number of aryl methyl sites for hydroxylation is 1. The maximum atomic E-state index is 11.8. The number of amides is 1. The normalized spacial score (nSPS) is 10.8. The number of nitrogens with one attached hydrogen (secondary N) is 2. The van der Waals surface area contributed by atoms with Crippen LogP contribution in [-0.4, -0.2) is 30.8 Å². The van der Waals surface area contributed by atoms with E-state index in [1.165, 1.54) is 11.3 Å². The monoisotopic (exact) mass is 374 g/mol. The lowest BCUT2D eigenvalue weighted by molar-refractivity contribution is -0.119. The van der Waals surface area contributed by atoms with Gasteiger partial charge in [0.05, 0.1) is 5.69 Å². The number of fused-ring (bicyclic) bond motifs is 1. The van der Waals surface area contributed by atoms with Gasteiger partial charge < -0.3 is 10.6 Å². The number of para-hydroxylation sites is 1. The Hall–Kier alpha value is -2.39. The van der Waals surface area contributed by atoms with Crippen molar-refractivity contribution in [1.29, 1.82) is 0 Å². The van der Waals surface area contributed by atoms with Gasteiger partial charge in [0.2, 0.25) is 10.9 Å². The second-order valence-electron chi connectivity index (χ2n) is 5.50. The van der Waals surface area contributed by atoms with Crippen LogP contribution in [0.3, 0.4) is 0 Å². The Morgan fingerprint density at radius 3 is 2.88 bits per heavy atom. The van der Waals surface area contributed by atoms with Gasteiger partial charge in [-0.15, -0.1) is 10.2 Å². The quantitative estimate of drug-likeness (QED) is 0.668. The molecule has 0 spiro atoms. The van der Waals surface area contributed by atoms with E-state index in [1.807, 2.05) is 38.1 Å². The molecule has 2 aromatic heterocycles. The summed E-state index contributed by atoms with van der Waals surface area (Å²) in [5.41, 5.74) is 1.67. The first-order valence-electron chi connectivity index (χ1n) is 7.97. The van der Waals surface area contributed by atoms with Crippen molar-refractivity contribution >= 4 is 45.2 Å². The summed E-state index contributed by atoms with van der Waals surface area (Å²) < 4.78 is 1.71. The van der Waals surface area contributed by atoms with E-state index in [-0.39, 0.29) is 11.0 Å². The second-order valence-corrected chi connectivity index (χ2v) is 6.86. The molecule has 1 aromatic carbocycles. The van der Waals surface area contributed by atoms with Gasteiger partial charge in [-0.25, -0.2) is 0 Å². The van der Waals surface area contributed by atoms with Crippen LogP contribution < -0.4 is 10.6 Å². The highest BCUT2D eigenvalue weighted by atomic mass is 32.1. The predicted molar refractivity (Wildman–Crippen MR) is 103 cm³/mol. The van der Waals surface area contributed by atoms with Crippen molar-refractivity contribution in [2.24, 2.45) is 0 Å². The molecule has 0 aliphatic rings. The Labute approximate surface area is 154 Å². The number of aromatic nitrogens is 4. The summed E-state index contributed by atoms with van der Waals surface area (Å²) in [5, 5.41) is 19.5. The molecule has 0 radical (unpaired) electrons. The number of carbonyl (C=O) groups excluding carboxylic acids is 1. The zero-order chi connectivity index (χ0) is 17.8. The van der Waals surface area contributed by atoms with Crippen LogP contribution in [0.15, 0.2) is 24.3 Å². The van der Waals surface area contributed by atoms with Gasteiger partial charge >= 0.3 is 0 Å². The van der Waals surface area contributed by atoms with Gasteiger partial charge in [0, 0.05) is 12.0 Å². The highest BCUT2D eigenvalue weighted by molar-refractivity contribution is 7.80. The number of carbonyl (C=O) groups is 1. The number of unbranched alkanes of at least 4 members (excludes halogenated alkanes) is 1. The summed E-state index contributed by atoms with van der Waals surface area (Å²) in [4.78, 5) is 12.5. The summed E-state index contributed by atoms with van der Waals surface area (Å²) in [6, 6.07) is 7.68. The van der Waals surface area contributed by atoms with E-state index in [9.17, 15) is 4.79 Å². The zero-order valence-electron chi connectivity index (χ0n) is 13.9. The van der Waals surface area contributed by atoms with Gasteiger partial charge in [0.1, 0.15) is 5.01 Å². The van der Waals surface area contributed by atoms with Crippen molar-refractivity contribution in [3.63, 3.8) is 0 Å². The highest BCUT2D eigenvalue weighted by Gasteiger charge is 2.14. The third-order valence-corrected chi connectivity index (χ3v) is 4.70. The van der Waals surface area contributed by atoms with E-state index in [1.54, 1.807) is 4.52 Å². The average molecular weight is 374 g/mol. The van der Waals surface area contributed by atoms with Crippen LogP contribution >= 0.6 is 23.6 Å². The molecule has 3 aromatic rings. The molecule has 0 aliphatic carbocycles. The summed E-state index contributed by atoms with van der Waals surface area (Å²) in [5.74, 6) is 0.660. The van der Waals surface area contributed by atoms with Gasteiger partial charge in [-0.2, -0.15) is 9.61 Å². The summed E-state index contributed by atoms with van der Waals surface area (Å²) in [7, 11) is 0. The first-order chi connectivity index (χ1) is 12.1. The van der Waals surface area contributed by atoms with Crippen molar-refractivity contribution in [2.45, 2.75) is 33.1 Å². The fraction of sp³-hybridized carbons (Fsp3) is 0.312. The molecule has 3 rings (SSSR count). The van der Waals surface area contributed by atoms with Gasteiger partial charge in [-0.05, 0) is 37.7 Å². The van der Waals surface area contributed by atoms with Crippen LogP contribution in [0, 0.1) is 6.92 Å². The third kappa shape index (κ3) is 3.99. The lowest BCUT2D eigenvalue weighted by Crippen LogP contribution is -2.34. The SMILES string of the molecule is CCCCC(=O)NC(=S)Nc1ccccc1-c1nn2c(C)nnc2s1. The van der Waals surface area contributed by atoms with Crippen molar-refractivity contribution in [3.8, 4) is 10.6 Å². The topological polar surface area (TPSA) is 84.2 Å². The molecule has 2 N–H and O–H groups in total. The number of benzene rings is 1. The number of hydrogen-bond acceptors (Lipinski definition) is 6. The molecular formula is C16H18N6OS2. The molecule has 0 saturated heterocycles. The molecule has 0 atom stereocenters. The standard InChI is InChI=1S/C16H18N6OS2/c1-3-4-9-13(23)18-15(24)17-12-8-6-5-7-11(12)14-21-22-10(2)19-20-16(22)25-14/h5-8H,3-4,9H2,1-2H3,(H2,17,18,23,24). The Bertz CT molecular complexity index is 916. The van der Waals surface area contributed by atoms with Crippen LogP contribution in [0.25, 0.3) is 15.5 Å². The van der Waals surface area contributed by atoms with Crippen LogP contribution in [-0.2, 0) is 4.79 Å². The Kier molecular flexibility index (Phi) is 5.34. The number of nitrogens with zero attached hydrogens (tertiary/aromatic N) is 4. The number of rotatable bonds is 5. The van der Waals surface area contributed by atoms with E-state index in [4.69, 9.17) is 12.2 Å². The fourth-order valence-corrected chi connectivity index (χ4v) is 3.43. The molecule has 0 unspecified atom stereocenters. The zero-order valence-corrected chi connectivity index (χ0v) is 15.6. The number of anilines is 1. The van der Waals surface area contributed by atoms with Crippen LogP contribution in [0.4, 0.5) is 5.69 Å². The van der Waals surface area contributed by atoms with E-state index < -0.39 is 0 Å². The van der Waals surface area contributed by atoms with E-state index >= 15 is 0 Å². The van der Waals surface area contributed by atoms with Crippen LogP contribution in [0.2, 0.25) is 0 Å². The molecule has 0 bridgehead atoms. The summed E-state index contributed by atoms with van der Waals surface area (Å²) in [6.45, 7) is 3.90. The predicted octanol–water partition coefficient (Wildman–Crippen LogP) is 3.16.